The van der Waals surface area contributed by atoms with Gasteiger partial charge in [-0.25, -0.2) is 4.98 Å². The zero-order chi connectivity index (χ0) is 12.8. The number of Topliss-reactive ketones (excluding diaryl/α,β-unsaturated/α-hetero) is 1. The van der Waals surface area contributed by atoms with Crippen LogP contribution in [0, 0.1) is 0 Å². The summed E-state index contributed by atoms with van der Waals surface area (Å²) >= 11 is 5.69. The van der Waals surface area contributed by atoms with Crippen molar-refractivity contribution in [1.29, 1.82) is 0 Å². The second kappa shape index (κ2) is 3.73. The predicted molar refractivity (Wildman–Crippen MR) is 55.2 cm³/mol. The van der Waals surface area contributed by atoms with Gasteiger partial charge in [0, 0.05) is 19.3 Å². The lowest BCUT2D eigenvalue weighted by molar-refractivity contribution is -0.137. The van der Waals surface area contributed by atoms with Crippen LogP contribution in [0.2, 0.25) is 5.02 Å². The summed E-state index contributed by atoms with van der Waals surface area (Å²) in [7, 11) is 0. The van der Waals surface area contributed by atoms with Crippen LogP contribution < -0.4 is 0 Å². The molecule has 0 saturated heterocycles. The largest absolute Gasteiger partial charge is 0.417 e. The number of carbonyl (C=O) groups is 1. The molecular weight excluding hydrogens is 257 g/mol. The van der Waals surface area contributed by atoms with Crippen molar-refractivity contribution in [3.05, 3.63) is 34.7 Å². The summed E-state index contributed by atoms with van der Waals surface area (Å²) < 4.78 is 38.6. The first kappa shape index (κ1) is 11.9. The van der Waals surface area contributed by atoms with Gasteiger partial charge in [-0.2, -0.15) is 13.2 Å². The first-order valence-electron chi connectivity index (χ1n) is 4.55. The molecule has 0 unspecified atom stereocenters. The van der Waals surface area contributed by atoms with Crippen molar-refractivity contribution in [1.82, 2.24) is 9.38 Å². The fraction of sp³-hybridized carbons (Fsp3) is 0.200. The van der Waals surface area contributed by atoms with Gasteiger partial charge < -0.3 is 4.40 Å². The lowest BCUT2D eigenvalue weighted by Crippen LogP contribution is -2.06. The van der Waals surface area contributed by atoms with Crippen LogP contribution in [0.5, 0.6) is 0 Å². The number of ketones is 1. The van der Waals surface area contributed by atoms with Gasteiger partial charge in [0.1, 0.15) is 5.69 Å². The summed E-state index contributed by atoms with van der Waals surface area (Å²) in [6, 6.07) is 0.786. The maximum Gasteiger partial charge on any atom is 0.417 e. The van der Waals surface area contributed by atoms with E-state index < -0.39 is 11.7 Å². The Bertz CT molecular complexity index is 603. The number of nitrogens with zero attached hydrogens (tertiary/aromatic N) is 2. The van der Waals surface area contributed by atoms with Gasteiger partial charge in [0.15, 0.2) is 11.4 Å². The number of halogens is 4. The second-order valence-electron chi connectivity index (χ2n) is 3.49. The van der Waals surface area contributed by atoms with E-state index in [1.807, 2.05) is 0 Å². The van der Waals surface area contributed by atoms with Crippen molar-refractivity contribution in [2.24, 2.45) is 0 Å². The van der Waals surface area contributed by atoms with Crippen molar-refractivity contribution >= 4 is 23.0 Å². The van der Waals surface area contributed by atoms with Crippen molar-refractivity contribution < 1.29 is 18.0 Å². The molecule has 0 N–H and O–H groups in total. The Hall–Kier alpha value is -1.56. The van der Waals surface area contributed by atoms with E-state index in [1.54, 1.807) is 0 Å². The zero-order valence-electron chi connectivity index (χ0n) is 8.55. The highest BCUT2D eigenvalue weighted by atomic mass is 35.5. The molecule has 0 aliphatic rings. The molecule has 0 fully saturated rings. The maximum atomic E-state index is 12.5. The van der Waals surface area contributed by atoms with Crippen LogP contribution in [0.15, 0.2) is 18.5 Å². The van der Waals surface area contributed by atoms with Gasteiger partial charge in [-0.1, -0.05) is 11.6 Å². The molecule has 0 aromatic carbocycles. The highest BCUT2D eigenvalue weighted by Gasteiger charge is 2.31. The van der Waals surface area contributed by atoms with E-state index in [4.69, 9.17) is 11.6 Å². The van der Waals surface area contributed by atoms with Crippen molar-refractivity contribution in [2.45, 2.75) is 13.1 Å². The van der Waals surface area contributed by atoms with Gasteiger partial charge in [0.25, 0.3) is 0 Å². The lowest BCUT2D eigenvalue weighted by Gasteiger charge is -2.07. The zero-order valence-corrected chi connectivity index (χ0v) is 9.30. The minimum atomic E-state index is -4.49. The number of hydrogen-bond acceptors (Lipinski definition) is 2. The molecule has 2 heterocycles. The van der Waals surface area contributed by atoms with Crippen molar-refractivity contribution in [2.75, 3.05) is 0 Å². The Balaban J connectivity index is 2.69. The topological polar surface area (TPSA) is 34.4 Å². The molecule has 0 aliphatic carbocycles. The summed E-state index contributed by atoms with van der Waals surface area (Å²) in [6.45, 7) is 1.28. The number of aromatic nitrogens is 2. The molecule has 0 saturated carbocycles. The maximum absolute atomic E-state index is 12.5. The highest BCUT2D eigenvalue weighted by molar-refractivity contribution is 6.33. The molecule has 0 bridgehead atoms. The van der Waals surface area contributed by atoms with Crippen LogP contribution in [0.25, 0.3) is 5.65 Å². The van der Waals surface area contributed by atoms with E-state index >= 15 is 0 Å². The molecule has 0 spiro atoms. The Morgan fingerprint density at radius 1 is 1.41 bits per heavy atom. The molecule has 3 nitrogen and oxygen atoms in total. The molecule has 0 atom stereocenters. The molecule has 90 valence electrons. The number of pyridine rings is 1. The van der Waals surface area contributed by atoms with E-state index in [2.05, 4.69) is 4.98 Å². The summed E-state index contributed by atoms with van der Waals surface area (Å²) in [5.41, 5.74) is -0.682. The molecule has 0 radical (unpaired) electrons. The molecular formula is C10H6ClF3N2O. The van der Waals surface area contributed by atoms with Gasteiger partial charge in [-0.3, -0.25) is 4.79 Å². The fourth-order valence-electron chi connectivity index (χ4n) is 1.38. The number of rotatable bonds is 1. The number of alkyl halides is 3. The first-order valence-corrected chi connectivity index (χ1v) is 4.93. The minimum absolute atomic E-state index is 0.0752. The number of hydrogen-bond donors (Lipinski definition) is 0. The van der Waals surface area contributed by atoms with Gasteiger partial charge >= 0.3 is 6.18 Å². The van der Waals surface area contributed by atoms with Gasteiger partial charge in [-0.05, 0) is 6.07 Å². The Morgan fingerprint density at radius 3 is 2.59 bits per heavy atom. The number of imidazole rings is 1. The number of carbonyl (C=O) groups excluding carboxylic acids is 1. The van der Waals surface area contributed by atoms with Gasteiger partial charge in [0.05, 0.1) is 10.6 Å². The third kappa shape index (κ3) is 2.12. The van der Waals surface area contributed by atoms with Crippen LogP contribution in [0.4, 0.5) is 13.2 Å². The summed E-state index contributed by atoms with van der Waals surface area (Å²) in [5.74, 6) is -0.335. The molecule has 0 amide bonds. The molecule has 7 heteroatoms. The van der Waals surface area contributed by atoms with Crippen LogP contribution in [0.3, 0.4) is 0 Å². The average molecular weight is 263 g/mol. The molecule has 0 aliphatic heterocycles. The van der Waals surface area contributed by atoms with E-state index in [1.165, 1.54) is 13.1 Å². The molecule has 17 heavy (non-hydrogen) atoms. The van der Waals surface area contributed by atoms with Crippen molar-refractivity contribution in [3.63, 3.8) is 0 Å². The smallest absolute Gasteiger partial charge is 0.304 e. The highest BCUT2D eigenvalue weighted by Crippen LogP contribution is 2.32. The molecule has 2 aromatic heterocycles. The standard InChI is InChI=1S/C10H6ClF3N2O/c1-5(17)8-4-16-3-6(10(12,13)14)2-7(11)9(16)15-8/h2-4H,1H3. The Morgan fingerprint density at radius 2 is 2.06 bits per heavy atom. The van der Waals surface area contributed by atoms with E-state index in [0.717, 1.165) is 16.7 Å². The quantitative estimate of drug-likeness (QED) is 0.740. The molecule has 2 rings (SSSR count). The summed E-state index contributed by atoms with van der Waals surface area (Å²) in [4.78, 5) is 14.9. The molecule has 2 aromatic rings. The van der Waals surface area contributed by atoms with E-state index in [9.17, 15) is 18.0 Å². The van der Waals surface area contributed by atoms with Gasteiger partial charge in [-0.15, -0.1) is 0 Å². The van der Waals surface area contributed by atoms with Crippen molar-refractivity contribution in [3.8, 4) is 0 Å². The monoisotopic (exact) mass is 262 g/mol. The third-order valence-corrected chi connectivity index (χ3v) is 2.47. The van der Waals surface area contributed by atoms with Crippen LogP contribution in [-0.2, 0) is 6.18 Å². The third-order valence-electron chi connectivity index (χ3n) is 2.19. The Kier molecular flexibility index (Phi) is 2.61. The summed E-state index contributed by atoms with van der Waals surface area (Å²) in [6.07, 6.45) is -2.42. The van der Waals surface area contributed by atoms with Crippen LogP contribution in [0.1, 0.15) is 23.0 Å². The lowest BCUT2D eigenvalue weighted by atomic mass is 10.3. The van der Waals surface area contributed by atoms with Crippen LogP contribution >= 0.6 is 11.6 Å². The minimum Gasteiger partial charge on any atom is -0.304 e. The Labute approximate surface area is 98.8 Å². The first-order chi connectivity index (χ1) is 7.79. The second-order valence-corrected chi connectivity index (χ2v) is 3.89. The predicted octanol–water partition coefficient (Wildman–Crippen LogP) is 3.21. The van der Waals surface area contributed by atoms with Gasteiger partial charge in [0.2, 0.25) is 0 Å². The summed E-state index contributed by atoms with van der Waals surface area (Å²) in [5, 5.41) is -0.146. The fourth-order valence-corrected chi connectivity index (χ4v) is 1.64. The average Bonchev–Trinajstić information content (AvgIpc) is 2.60. The van der Waals surface area contributed by atoms with Crippen LogP contribution in [-0.4, -0.2) is 15.2 Å². The van der Waals surface area contributed by atoms with E-state index in [0.29, 0.717) is 0 Å². The van der Waals surface area contributed by atoms with E-state index in [-0.39, 0.29) is 22.1 Å². The number of fused-ring (bicyclic) bond motifs is 1. The normalized spacial score (nSPS) is 12.1. The SMILES string of the molecule is CC(=O)c1cn2cc(C(F)(F)F)cc(Cl)c2n1.